The standard InChI is InChI=1S/C28H37ClN6O4S.C27H36ClN7O4S.C26H33N7O4S/c1-27(2)12-7-20(19-27)8-15-34-16-10-24(32-34)40(37,38)33-26(36)21-5-6-22(30-25(21)29)35-17-9-23(31-35)39-18-4-11-28(3)13-14-28;1-26(2)17-19(18-29-26)7-13-34-14-9-23(32-34)40(37,38)33-25(36)20-5-6-21(30-24(20)28)35-15-8-22(31-35)39-16-4-10-27(3)11-12-27;1-18-16-19-6-12-31-13-8-23(29-31)38(35,36)30-25(34)20-4-5-21(27-24(20)32(18)17-19)33-14-7-22(28-33)37-15-3-9-26(2)10-11-26/h5-6,9-10,16-17,20H,4,7-8,11-15,18-19H2,1-3H3,(H,33,36);5-6,8-9,14-15,19,29H,4,7,10-13,16-18H2,1-3H3,(H,33,36);4-5,7-8,13-14,18-19H,3,6,9-12,15-17H2,1-2H3,(H,30,34). The Bertz CT molecular complexity index is 5250. The molecule has 118 heavy (non-hydrogen) atoms. The average molecular weight is 1720 g/mol. The maximum Gasteiger partial charge on any atom is 0.283 e. The van der Waals surface area contributed by atoms with Gasteiger partial charge in [0, 0.05) is 93.1 Å². The summed E-state index contributed by atoms with van der Waals surface area (Å²) in [5.41, 5.74) is 2.00. The number of ether oxygens (including phenoxy) is 3. The van der Waals surface area contributed by atoms with E-state index in [4.69, 9.17) is 42.4 Å². The number of nitrogens with one attached hydrogen (secondary N) is 4. The van der Waals surface area contributed by atoms with Crippen molar-refractivity contribution in [3.63, 3.8) is 0 Å². The second kappa shape index (κ2) is 34.8. The summed E-state index contributed by atoms with van der Waals surface area (Å²) in [5, 5.41) is 28.3. The number of pyridine rings is 3. The predicted octanol–water partition coefficient (Wildman–Crippen LogP) is 12.5. The van der Waals surface area contributed by atoms with Crippen molar-refractivity contribution in [1.29, 1.82) is 0 Å². The largest absolute Gasteiger partial charge is 0.477 e. The van der Waals surface area contributed by atoms with Crippen LogP contribution in [0.3, 0.4) is 0 Å². The summed E-state index contributed by atoms with van der Waals surface area (Å²) in [6.07, 6.45) is 32.4. The van der Waals surface area contributed by atoms with E-state index in [0.29, 0.717) is 126 Å². The smallest absolute Gasteiger partial charge is 0.283 e. The average Bonchev–Trinajstić information content (AvgIpc) is 1.44. The van der Waals surface area contributed by atoms with E-state index in [-0.39, 0.29) is 53.7 Å². The van der Waals surface area contributed by atoms with Crippen molar-refractivity contribution in [2.75, 3.05) is 37.8 Å². The van der Waals surface area contributed by atoms with Crippen molar-refractivity contribution in [2.45, 2.75) is 230 Å². The Labute approximate surface area is 698 Å². The molecule has 4 bridgehead atoms. The molecule has 6 fully saturated rings. The molecule has 0 radical (unpaired) electrons. The predicted molar refractivity (Wildman–Crippen MR) is 441 cm³/mol. The number of amides is 3. The van der Waals surface area contributed by atoms with E-state index >= 15 is 0 Å². The fourth-order valence-corrected chi connectivity index (χ4v) is 19.0. The van der Waals surface area contributed by atoms with Crippen molar-refractivity contribution >= 4 is 76.8 Å². The number of fused-ring (bicyclic) bond motifs is 6. The normalized spacial score (nSPS) is 20.8. The molecule has 2 saturated heterocycles. The number of nitrogens with zero attached hydrogens (tertiary/aromatic N) is 16. The van der Waals surface area contributed by atoms with Gasteiger partial charge in [0.25, 0.3) is 47.8 Å². The molecule has 634 valence electrons. The number of halogens is 2. The molecule has 4 saturated carbocycles. The minimum absolute atomic E-state index is 0.0746. The molecular weight excluding hydrogens is 1610 g/mol. The van der Waals surface area contributed by atoms with Gasteiger partial charge in [0.15, 0.2) is 32.5 Å². The van der Waals surface area contributed by atoms with Crippen LogP contribution >= 0.6 is 23.2 Å². The van der Waals surface area contributed by atoms with Gasteiger partial charge in [-0.2, -0.15) is 40.5 Å². The van der Waals surface area contributed by atoms with Gasteiger partial charge in [-0.3, -0.25) is 28.4 Å². The molecule has 4 aliphatic carbocycles. The number of anilines is 1. The number of aryl methyl sites for hydroxylation is 3. The molecule has 32 nitrogen and oxygen atoms in total. The minimum Gasteiger partial charge on any atom is -0.477 e. The van der Waals surface area contributed by atoms with E-state index in [0.717, 1.165) is 83.6 Å². The lowest BCUT2D eigenvalue weighted by atomic mass is 9.90. The van der Waals surface area contributed by atoms with E-state index in [1.165, 1.54) is 103 Å². The van der Waals surface area contributed by atoms with E-state index < -0.39 is 47.8 Å². The Hall–Kier alpha value is -9.29. The van der Waals surface area contributed by atoms with Crippen LogP contribution in [0.5, 0.6) is 17.6 Å². The third-order valence-electron chi connectivity index (χ3n) is 23.8. The maximum absolute atomic E-state index is 13.3. The minimum atomic E-state index is -4.20. The SMILES string of the molecule is CC1(C)CCC(CCn2ccc(S(=O)(=O)NC(=O)c3ccc(-n4ccc(OCCCC5(C)CC5)n4)nc3Cl)n2)C1.CC1(CCCOc2ccn(-c3ccc(C(=O)NS(=O)(=O)c4ccn(CCC5CNC(C)(C)C5)n4)c(Cl)n3)n2)CC1.CC1CC2CCn3ccc(n3)S(=O)(=O)NC(=O)c3ccc(-n4ccc(OCCCC5(C)CC5)n4)nc3N1C2. The molecule has 12 heterocycles. The second-order valence-electron chi connectivity index (χ2n) is 35.3. The summed E-state index contributed by atoms with van der Waals surface area (Å²) in [6, 6.07) is 18.7. The van der Waals surface area contributed by atoms with Crippen LogP contribution in [0, 0.1) is 39.4 Å². The number of sulfonamides is 3. The van der Waals surface area contributed by atoms with Crippen LogP contribution in [-0.4, -0.2) is 161 Å². The lowest BCUT2D eigenvalue weighted by molar-refractivity contribution is 0.0972. The summed E-state index contributed by atoms with van der Waals surface area (Å²) < 4.78 is 110. The van der Waals surface area contributed by atoms with Gasteiger partial charge < -0.3 is 24.4 Å². The van der Waals surface area contributed by atoms with E-state index in [1.807, 2.05) is 9.44 Å². The molecule has 3 amide bonds. The van der Waals surface area contributed by atoms with Gasteiger partial charge in [0.2, 0.25) is 17.6 Å². The van der Waals surface area contributed by atoms with Crippen molar-refractivity contribution in [2.24, 2.45) is 39.4 Å². The van der Waals surface area contributed by atoms with E-state index in [1.54, 1.807) is 86.2 Å². The Balaban J connectivity index is 0.000000145. The highest BCUT2D eigenvalue weighted by atomic mass is 35.5. The Morgan fingerprint density at radius 2 is 1.03 bits per heavy atom. The van der Waals surface area contributed by atoms with Crippen LogP contribution in [0.1, 0.15) is 215 Å². The van der Waals surface area contributed by atoms with Crippen molar-refractivity contribution in [1.82, 2.24) is 93.1 Å². The summed E-state index contributed by atoms with van der Waals surface area (Å²) in [4.78, 5) is 54.2. The molecule has 4 atom stereocenters. The monoisotopic (exact) mass is 1720 g/mol. The van der Waals surface area contributed by atoms with Gasteiger partial charge in [-0.05, 0) is 250 Å². The van der Waals surface area contributed by atoms with Crippen LogP contribution in [0.2, 0.25) is 10.3 Å². The Kier molecular flexibility index (Phi) is 25.1. The number of rotatable bonds is 30. The summed E-state index contributed by atoms with van der Waals surface area (Å²) in [7, 11) is -12.5. The Morgan fingerprint density at radius 1 is 0.559 bits per heavy atom. The molecule has 0 spiro atoms. The lowest BCUT2D eigenvalue weighted by Gasteiger charge is -2.25. The first-order chi connectivity index (χ1) is 56.0. The van der Waals surface area contributed by atoms with Crippen LogP contribution in [0.15, 0.2) is 125 Å². The summed E-state index contributed by atoms with van der Waals surface area (Å²) in [5.74, 6) is 2.11. The molecule has 7 aliphatic rings. The van der Waals surface area contributed by atoms with Crippen molar-refractivity contribution < 1.29 is 53.8 Å². The fraction of sp³-hybridized carbons (Fsp3) is 0.556. The van der Waals surface area contributed by atoms with Crippen molar-refractivity contribution in [3.8, 4) is 35.1 Å². The molecule has 0 aromatic carbocycles. The number of aromatic nitrogens is 15. The van der Waals surface area contributed by atoms with E-state index in [9.17, 15) is 39.6 Å². The molecule has 4 unspecified atom stereocenters. The van der Waals surface area contributed by atoms with Crippen LogP contribution in [0.25, 0.3) is 17.5 Å². The number of carbonyl (C=O) groups is 3. The molecule has 3 aliphatic heterocycles. The highest BCUT2D eigenvalue weighted by molar-refractivity contribution is 7.90. The first-order valence-electron chi connectivity index (χ1n) is 40.8. The van der Waals surface area contributed by atoms with Gasteiger partial charge in [-0.15, -0.1) is 15.3 Å². The maximum atomic E-state index is 13.3. The Morgan fingerprint density at radius 3 is 1.48 bits per heavy atom. The van der Waals surface area contributed by atoms with Gasteiger partial charge in [0.1, 0.15) is 16.1 Å². The van der Waals surface area contributed by atoms with Crippen LogP contribution in [-0.2, 0) is 49.7 Å². The molecule has 9 aromatic heterocycles. The highest BCUT2D eigenvalue weighted by Crippen LogP contribution is 2.51. The number of carbonyl (C=O) groups excluding carboxylic acids is 3. The third-order valence-corrected chi connectivity index (χ3v) is 28.1. The highest BCUT2D eigenvalue weighted by Gasteiger charge is 2.40. The first kappa shape index (κ1) is 85.1. The van der Waals surface area contributed by atoms with Gasteiger partial charge >= 0.3 is 0 Å². The van der Waals surface area contributed by atoms with E-state index in [2.05, 4.69) is 111 Å². The fourth-order valence-electron chi connectivity index (χ4n) is 15.8. The zero-order chi connectivity index (χ0) is 83.6. The van der Waals surface area contributed by atoms with Crippen molar-refractivity contribution in [3.05, 3.63) is 137 Å². The van der Waals surface area contributed by atoms with Gasteiger partial charge in [-0.25, -0.2) is 43.2 Å². The lowest BCUT2D eigenvalue weighted by Crippen LogP contribution is -2.35. The van der Waals surface area contributed by atoms with Gasteiger partial charge in [0.05, 0.1) is 36.5 Å². The third kappa shape index (κ3) is 22.0. The zero-order valence-corrected chi connectivity index (χ0v) is 72.0. The zero-order valence-electron chi connectivity index (χ0n) is 68.0. The molecule has 4 N–H and O–H groups in total. The van der Waals surface area contributed by atoms with Crippen LogP contribution in [0.4, 0.5) is 5.82 Å². The first-order valence-corrected chi connectivity index (χ1v) is 46.0. The number of hydrogen-bond donors (Lipinski definition) is 4. The summed E-state index contributed by atoms with van der Waals surface area (Å²) >= 11 is 12.5. The van der Waals surface area contributed by atoms with Gasteiger partial charge in [-0.1, -0.05) is 57.8 Å². The summed E-state index contributed by atoms with van der Waals surface area (Å²) in [6.45, 7) is 23.2. The molecular formula is C81H106Cl2N20O12S3. The topological polar surface area (TPSA) is 378 Å². The quantitative estimate of drug-likeness (QED) is 0.0240. The molecule has 37 heteroatoms. The molecule has 9 aromatic rings. The number of hydrogen-bond acceptors (Lipinski definition) is 23. The van der Waals surface area contributed by atoms with Crippen LogP contribution < -0.4 is 38.6 Å². The second-order valence-corrected chi connectivity index (χ2v) is 40.9. The molecule has 16 rings (SSSR count).